The molecular weight excluding hydrogens is 274 g/mol. The summed E-state index contributed by atoms with van der Waals surface area (Å²) in [7, 11) is 0. The maximum absolute atomic E-state index is 12.3. The molecule has 1 aromatic heterocycles. The number of amides is 1. The highest BCUT2D eigenvalue weighted by atomic mass is 32.2. The first-order valence-electron chi connectivity index (χ1n) is 6.46. The highest BCUT2D eigenvalue weighted by Crippen LogP contribution is 2.21. The van der Waals surface area contributed by atoms with Crippen LogP contribution in [0.2, 0.25) is 0 Å². The van der Waals surface area contributed by atoms with Crippen molar-refractivity contribution in [1.82, 2.24) is 15.1 Å². The number of carbonyl (C=O) groups is 1. The van der Waals surface area contributed by atoms with Gasteiger partial charge in [-0.3, -0.25) is 9.89 Å². The van der Waals surface area contributed by atoms with Gasteiger partial charge in [-0.15, -0.1) is 0 Å². The van der Waals surface area contributed by atoms with Gasteiger partial charge >= 0.3 is 0 Å². The van der Waals surface area contributed by atoms with E-state index in [4.69, 9.17) is 0 Å². The van der Waals surface area contributed by atoms with Crippen LogP contribution in [0.5, 0.6) is 5.75 Å². The second-order valence-corrected chi connectivity index (χ2v) is 5.84. The number of aromatic nitrogens is 2. The molecule has 1 aliphatic heterocycles. The Morgan fingerprint density at radius 1 is 1.25 bits per heavy atom. The van der Waals surface area contributed by atoms with Crippen LogP contribution in [0.25, 0.3) is 11.3 Å². The molecule has 2 N–H and O–H groups in total. The molecule has 20 heavy (non-hydrogen) atoms. The van der Waals surface area contributed by atoms with Crippen molar-refractivity contribution in [3.05, 3.63) is 36.0 Å². The summed E-state index contributed by atoms with van der Waals surface area (Å²) >= 11 is 1.87. The molecule has 0 bridgehead atoms. The van der Waals surface area contributed by atoms with E-state index in [-0.39, 0.29) is 11.7 Å². The molecule has 3 rings (SSSR count). The van der Waals surface area contributed by atoms with Gasteiger partial charge in [0.25, 0.3) is 5.91 Å². The van der Waals surface area contributed by atoms with E-state index in [0.29, 0.717) is 11.4 Å². The summed E-state index contributed by atoms with van der Waals surface area (Å²) in [6, 6.07) is 8.52. The van der Waals surface area contributed by atoms with Crippen LogP contribution in [0.3, 0.4) is 0 Å². The Kier molecular flexibility index (Phi) is 3.64. The van der Waals surface area contributed by atoms with Gasteiger partial charge in [-0.1, -0.05) is 0 Å². The zero-order valence-electron chi connectivity index (χ0n) is 10.9. The minimum atomic E-state index is 0.00262. The van der Waals surface area contributed by atoms with Crippen LogP contribution in [0, 0.1) is 0 Å². The molecule has 0 atom stereocenters. The fraction of sp³-hybridized carbons (Fsp3) is 0.286. The van der Waals surface area contributed by atoms with Crippen LogP contribution in [0.1, 0.15) is 10.5 Å². The molecule has 1 saturated heterocycles. The van der Waals surface area contributed by atoms with Crippen molar-refractivity contribution >= 4 is 17.7 Å². The number of nitrogens with zero attached hydrogens (tertiary/aromatic N) is 2. The summed E-state index contributed by atoms with van der Waals surface area (Å²) in [4.78, 5) is 14.2. The molecule has 104 valence electrons. The van der Waals surface area contributed by atoms with Crippen LogP contribution in [0.4, 0.5) is 0 Å². The van der Waals surface area contributed by atoms with Crippen molar-refractivity contribution in [2.45, 2.75) is 0 Å². The Morgan fingerprint density at radius 3 is 2.65 bits per heavy atom. The summed E-state index contributed by atoms with van der Waals surface area (Å²) < 4.78 is 0. The van der Waals surface area contributed by atoms with Gasteiger partial charge in [0.05, 0.1) is 5.69 Å². The van der Waals surface area contributed by atoms with Gasteiger partial charge in [0.1, 0.15) is 11.4 Å². The monoisotopic (exact) mass is 289 g/mol. The number of phenols is 1. The van der Waals surface area contributed by atoms with E-state index in [2.05, 4.69) is 10.2 Å². The summed E-state index contributed by atoms with van der Waals surface area (Å²) in [6.07, 6.45) is 0. The molecule has 2 heterocycles. The quantitative estimate of drug-likeness (QED) is 0.887. The third kappa shape index (κ3) is 2.65. The van der Waals surface area contributed by atoms with Crippen LogP contribution in [-0.4, -0.2) is 50.7 Å². The number of nitrogens with one attached hydrogen (secondary N) is 1. The third-order valence-corrected chi connectivity index (χ3v) is 4.21. The molecule has 5 nitrogen and oxygen atoms in total. The van der Waals surface area contributed by atoms with Crippen molar-refractivity contribution in [2.24, 2.45) is 0 Å². The first kappa shape index (κ1) is 13.1. The van der Waals surface area contributed by atoms with Gasteiger partial charge in [0.2, 0.25) is 0 Å². The summed E-state index contributed by atoms with van der Waals surface area (Å²) in [6.45, 7) is 1.58. The van der Waals surface area contributed by atoms with Crippen molar-refractivity contribution in [3.63, 3.8) is 0 Å². The minimum absolute atomic E-state index is 0.00262. The van der Waals surface area contributed by atoms with Crippen molar-refractivity contribution in [3.8, 4) is 17.0 Å². The zero-order chi connectivity index (χ0) is 13.9. The Balaban J connectivity index is 1.79. The number of phenolic OH excluding ortho intramolecular Hbond substituents is 1. The summed E-state index contributed by atoms with van der Waals surface area (Å²) in [5, 5.41) is 16.3. The summed E-state index contributed by atoms with van der Waals surface area (Å²) in [5.74, 6) is 2.20. The lowest BCUT2D eigenvalue weighted by Crippen LogP contribution is -2.38. The third-order valence-electron chi connectivity index (χ3n) is 3.27. The number of aromatic amines is 1. The number of hydrogen-bond acceptors (Lipinski definition) is 4. The number of benzene rings is 1. The summed E-state index contributed by atoms with van der Waals surface area (Å²) in [5.41, 5.74) is 2.09. The predicted octanol–water partition coefficient (Wildman–Crippen LogP) is 1.97. The minimum Gasteiger partial charge on any atom is -0.508 e. The fourth-order valence-electron chi connectivity index (χ4n) is 2.15. The van der Waals surface area contributed by atoms with Gasteiger partial charge in [-0.25, -0.2) is 0 Å². The van der Waals surface area contributed by atoms with E-state index in [0.717, 1.165) is 30.2 Å². The van der Waals surface area contributed by atoms with E-state index in [9.17, 15) is 9.90 Å². The normalized spacial score (nSPS) is 15.3. The number of rotatable bonds is 2. The molecule has 0 aliphatic carbocycles. The standard InChI is InChI=1S/C14H15N3O2S/c18-11-3-1-10(2-4-11)12-9-13(16-15-12)14(19)17-5-7-20-8-6-17/h1-4,9,18H,5-8H2,(H,15,16). The predicted molar refractivity (Wildman–Crippen MR) is 78.9 cm³/mol. The maximum Gasteiger partial charge on any atom is 0.271 e. The van der Waals surface area contributed by atoms with Gasteiger partial charge in [-0.2, -0.15) is 16.9 Å². The SMILES string of the molecule is O=C(c1cc(-c2ccc(O)cc2)n[nH]1)N1CCSCC1. The average molecular weight is 289 g/mol. The van der Waals surface area contributed by atoms with Crippen LogP contribution in [-0.2, 0) is 0 Å². The number of hydrogen-bond donors (Lipinski definition) is 2. The number of carbonyl (C=O) groups excluding carboxylic acids is 1. The van der Waals surface area contributed by atoms with E-state index < -0.39 is 0 Å². The molecule has 1 aliphatic rings. The molecule has 0 radical (unpaired) electrons. The highest BCUT2D eigenvalue weighted by molar-refractivity contribution is 7.99. The molecule has 2 aromatic rings. The van der Waals surface area contributed by atoms with Crippen molar-refractivity contribution in [2.75, 3.05) is 24.6 Å². The Bertz CT molecular complexity index is 603. The average Bonchev–Trinajstić information content (AvgIpc) is 2.98. The Hall–Kier alpha value is -1.95. The van der Waals surface area contributed by atoms with Crippen molar-refractivity contribution in [1.29, 1.82) is 0 Å². The van der Waals surface area contributed by atoms with Gasteiger partial charge in [0.15, 0.2) is 0 Å². The first-order valence-corrected chi connectivity index (χ1v) is 7.61. The lowest BCUT2D eigenvalue weighted by Gasteiger charge is -2.25. The molecule has 0 unspecified atom stereocenters. The van der Waals surface area contributed by atoms with E-state index in [1.807, 2.05) is 16.7 Å². The highest BCUT2D eigenvalue weighted by Gasteiger charge is 2.20. The molecule has 1 amide bonds. The molecule has 1 aromatic carbocycles. The van der Waals surface area contributed by atoms with Crippen molar-refractivity contribution < 1.29 is 9.90 Å². The number of H-pyrrole nitrogens is 1. The second kappa shape index (κ2) is 5.58. The van der Waals surface area contributed by atoms with Crippen LogP contribution < -0.4 is 0 Å². The van der Waals surface area contributed by atoms with Gasteiger partial charge in [-0.05, 0) is 30.3 Å². The lowest BCUT2D eigenvalue weighted by atomic mass is 10.1. The molecule has 1 fully saturated rings. The van der Waals surface area contributed by atoms with Crippen LogP contribution in [0.15, 0.2) is 30.3 Å². The fourth-order valence-corrected chi connectivity index (χ4v) is 3.05. The topological polar surface area (TPSA) is 69.2 Å². The molecule has 0 saturated carbocycles. The van der Waals surface area contributed by atoms with E-state index in [1.54, 1.807) is 30.3 Å². The lowest BCUT2D eigenvalue weighted by molar-refractivity contribution is 0.0766. The number of aromatic hydroxyl groups is 1. The Labute approximate surface area is 121 Å². The second-order valence-electron chi connectivity index (χ2n) is 4.62. The smallest absolute Gasteiger partial charge is 0.271 e. The van der Waals surface area contributed by atoms with Gasteiger partial charge < -0.3 is 10.0 Å². The van der Waals surface area contributed by atoms with Crippen LogP contribution >= 0.6 is 11.8 Å². The first-order chi connectivity index (χ1) is 9.74. The molecule has 6 heteroatoms. The maximum atomic E-state index is 12.3. The molecule has 0 spiro atoms. The van der Waals surface area contributed by atoms with Gasteiger partial charge in [0, 0.05) is 30.2 Å². The van der Waals surface area contributed by atoms with E-state index in [1.165, 1.54) is 0 Å². The zero-order valence-corrected chi connectivity index (χ0v) is 11.7. The van der Waals surface area contributed by atoms with E-state index >= 15 is 0 Å². The largest absolute Gasteiger partial charge is 0.508 e. The number of thioether (sulfide) groups is 1. The molecular formula is C14H15N3O2S. The Morgan fingerprint density at radius 2 is 1.95 bits per heavy atom.